The Morgan fingerprint density at radius 2 is 1.67 bits per heavy atom. The zero-order chi connectivity index (χ0) is 18.9. The van der Waals surface area contributed by atoms with E-state index in [2.05, 4.69) is 72.2 Å². The van der Waals surface area contributed by atoms with Crippen LogP contribution in [0.5, 0.6) is 0 Å². The Balaban J connectivity index is 1.42. The van der Waals surface area contributed by atoms with Gasteiger partial charge in [0.25, 0.3) is 0 Å². The first-order valence-corrected chi connectivity index (χ1v) is 10.2. The highest BCUT2D eigenvalue weighted by Crippen LogP contribution is 2.43. The second-order valence-corrected chi connectivity index (χ2v) is 8.78. The van der Waals surface area contributed by atoms with Crippen molar-refractivity contribution in [3.63, 3.8) is 0 Å². The molecule has 4 rings (SSSR count). The summed E-state index contributed by atoms with van der Waals surface area (Å²) in [5, 5.41) is 10.2. The Morgan fingerprint density at radius 1 is 0.926 bits per heavy atom. The predicted molar refractivity (Wildman–Crippen MR) is 111 cm³/mol. The Hall–Kier alpha value is -1.68. The summed E-state index contributed by atoms with van der Waals surface area (Å²) in [5.41, 5.74) is 5.62. The normalized spacial score (nSPS) is 26.3. The van der Waals surface area contributed by atoms with Gasteiger partial charge in [-0.05, 0) is 55.0 Å². The van der Waals surface area contributed by atoms with Crippen LogP contribution >= 0.6 is 0 Å². The van der Waals surface area contributed by atoms with Crippen molar-refractivity contribution in [2.75, 3.05) is 32.8 Å². The van der Waals surface area contributed by atoms with Crippen LogP contribution < -0.4 is 0 Å². The van der Waals surface area contributed by atoms with Gasteiger partial charge in [-0.15, -0.1) is 0 Å². The third kappa shape index (κ3) is 3.96. The van der Waals surface area contributed by atoms with Crippen LogP contribution in [0.25, 0.3) is 0 Å². The van der Waals surface area contributed by atoms with Gasteiger partial charge in [0.15, 0.2) is 0 Å². The van der Waals surface area contributed by atoms with E-state index in [1.54, 1.807) is 0 Å². The lowest BCUT2D eigenvalue weighted by Crippen LogP contribution is -2.48. The SMILES string of the molecule is Cc1ccc(CN2CC[C@]3(CO)CN(Cc4ccccc4)C[C@@H]3C2)cc1C. The lowest BCUT2D eigenvalue weighted by atomic mass is 9.73. The molecule has 2 aliphatic rings. The van der Waals surface area contributed by atoms with Crippen molar-refractivity contribution < 1.29 is 5.11 Å². The molecule has 0 radical (unpaired) electrons. The maximum absolute atomic E-state index is 10.2. The molecule has 2 aromatic carbocycles. The quantitative estimate of drug-likeness (QED) is 0.878. The van der Waals surface area contributed by atoms with Gasteiger partial charge in [0.1, 0.15) is 0 Å². The standard InChI is InChI=1S/C24H32N2O/c1-19-8-9-22(12-20(19)2)14-25-11-10-24(18-27)17-26(16-23(24)15-25)13-21-6-4-3-5-7-21/h3-9,12,23,27H,10-11,13-18H2,1-2H3/t23-,24+/m0/s1. The van der Waals surface area contributed by atoms with Gasteiger partial charge in [-0.2, -0.15) is 0 Å². The number of fused-ring (bicyclic) bond motifs is 1. The van der Waals surface area contributed by atoms with Crippen LogP contribution in [0.15, 0.2) is 48.5 Å². The number of aryl methyl sites for hydroxylation is 2. The minimum atomic E-state index is 0.0917. The molecule has 0 bridgehead atoms. The molecule has 2 heterocycles. The van der Waals surface area contributed by atoms with Crippen LogP contribution in [0, 0.1) is 25.2 Å². The van der Waals surface area contributed by atoms with Crippen molar-refractivity contribution in [2.24, 2.45) is 11.3 Å². The summed E-state index contributed by atoms with van der Waals surface area (Å²) in [6.07, 6.45) is 1.10. The molecule has 2 aliphatic heterocycles. The number of hydrogen-bond acceptors (Lipinski definition) is 3. The van der Waals surface area contributed by atoms with Gasteiger partial charge in [0, 0.05) is 38.1 Å². The monoisotopic (exact) mass is 364 g/mol. The Bertz CT molecular complexity index is 775. The number of likely N-dealkylation sites (tertiary alicyclic amines) is 2. The average Bonchev–Trinajstić information content (AvgIpc) is 3.03. The summed E-state index contributed by atoms with van der Waals surface area (Å²) < 4.78 is 0. The number of aliphatic hydroxyl groups is 1. The fourth-order valence-corrected chi connectivity index (χ4v) is 4.99. The van der Waals surface area contributed by atoms with Crippen LogP contribution in [0.4, 0.5) is 0 Å². The van der Waals surface area contributed by atoms with Crippen molar-refractivity contribution >= 4 is 0 Å². The van der Waals surface area contributed by atoms with Gasteiger partial charge in [0.05, 0.1) is 6.61 Å². The summed E-state index contributed by atoms with van der Waals surface area (Å²) in [6.45, 7) is 11.0. The third-order valence-electron chi connectivity index (χ3n) is 6.83. The third-order valence-corrected chi connectivity index (χ3v) is 6.83. The van der Waals surface area contributed by atoms with E-state index in [1.807, 2.05) is 0 Å². The molecule has 2 atom stereocenters. The Labute approximate surface area is 163 Å². The number of nitrogens with zero attached hydrogens (tertiary/aromatic N) is 2. The highest BCUT2D eigenvalue weighted by atomic mass is 16.3. The number of hydrogen-bond donors (Lipinski definition) is 1. The average molecular weight is 365 g/mol. The number of aliphatic hydroxyl groups excluding tert-OH is 1. The van der Waals surface area contributed by atoms with E-state index < -0.39 is 0 Å². The van der Waals surface area contributed by atoms with Crippen molar-refractivity contribution in [1.29, 1.82) is 0 Å². The molecule has 144 valence electrons. The zero-order valence-electron chi connectivity index (χ0n) is 16.7. The molecular weight excluding hydrogens is 332 g/mol. The maximum Gasteiger partial charge on any atom is 0.0503 e. The van der Waals surface area contributed by atoms with Crippen LogP contribution in [0.3, 0.4) is 0 Å². The lowest BCUT2D eigenvalue weighted by Gasteiger charge is -2.42. The molecule has 3 heteroatoms. The predicted octanol–water partition coefficient (Wildman–Crippen LogP) is 3.62. The number of piperidine rings is 1. The molecule has 1 N–H and O–H groups in total. The summed E-state index contributed by atoms with van der Waals surface area (Å²) in [4.78, 5) is 5.14. The van der Waals surface area contributed by atoms with E-state index in [4.69, 9.17) is 0 Å². The molecule has 0 saturated carbocycles. The molecule has 2 fully saturated rings. The van der Waals surface area contributed by atoms with Crippen molar-refractivity contribution in [3.05, 3.63) is 70.8 Å². The van der Waals surface area contributed by atoms with Gasteiger partial charge >= 0.3 is 0 Å². The second-order valence-electron chi connectivity index (χ2n) is 8.78. The summed E-state index contributed by atoms with van der Waals surface area (Å²) >= 11 is 0. The summed E-state index contributed by atoms with van der Waals surface area (Å²) in [5.74, 6) is 0.562. The van der Waals surface area contributed by atoms with Gasteiger partial charge in [0.2, 0.25) is 0 Å². The van der Waals surface area contributed by atoms with Crippen LogP contribution in [-0.2, 0) is 13.1 Å². The van der Waals surface area contributed by atoms with E-state index >= 15 is 0 Å². The van der Waals surface area contributed by atoms with Gasteiger partial charge in [-0.25, -0.2) is 0 Å². The van der Waals surface area contributed by atoms with E-state index in [0.717, 1.165) is 45.7 Å². The number of rotatable bonds is 5. The first-order chi connectivity index (χ1) is 13.1. The maximum atomic E-state index is 10.2. The van der Waals surface area contributed by atoms with E-state index in [9.17, 15) is 5.11 Å². The van der Waals surface area contributed by atoms with Crippen LogP contribution in [0.2, 0.25) is 0 Å². The zero-order valence-corrected chi connectivity index (χ0v) is 16.7. The topological polar surface area (TPSA) is 26.7 Å². The number of benzene rings is 2. The Kier molecular flexibility index (Phi) is 5.36. The van der Waals surface area contributed by atoms with Gasteiger partial charge < -0.3 is 5.11 Å². The molecule has 2 saturated heterocycles. The van der Waals surface area contributed by atoms with E-state index in [-0.39, 0.29) is 5.41 Å². The molecule has 0 aliphatic carbocycles. The van der Waals surface area contributed by atoms with Crippen LogP contribution in [0.1, 0.15) is 28.7 Å². The smallest absolute Gasteiger partial charge is 0.0503 e. The highest BCUT2D eigenvalue weighted by Gasteiger charge is 2.48. The van der Waals surface area contributed by atoms with Crippen LogP contribution in [-0.4, -0.2) is 47.7 Å². The minimum absolute atomic E-state index is 0.0917. The molecule has 0 unspecified atom stereocenters. The molecule has 3 nitrogen and oxygen atoms in total. The lowest BCUT2D eigenvalue weighted by molar-refractivity contribution is 0.0160. The van der Waals surface area contributed by atoms with Crippen molar-refractivity contribution in [1.82, 2.24) is 9.80 Å². The summed E-state index contributed by atoms with van der Waals surface area (Å²) in [7, 11) is 0. The molecule has 0 spiro atoms. The molecule has 27 heavy (non-hydrogen) atoms. The largest absolute Gasteiger partial charge is 0.396 e. The molecule has 0 amide bonds. The fraction of sp³-hybridized carbons (Fsp3) is 0.500. The van der Waals surface area contributed by atoms with Gasteiger partial charge in [-0.3, -0.25) is 9.80 Å². The minimum Gasteiger partial charge on any atom is -0.396 e. The Morgan fingerprint density at radius 3 is 2.41 bits per heavy atom. The first-order valence-electron chi connectivity index (χ1n) is 10.2. The molecule has 2 aromatic rings. The summed E-state index contributed by atoms with van der Waals surface area (Å²) in [6, 6.07) is 17.6. The second kappa shape index (κ2) is 7.75. The first kappa shape index (κ1) is 18.7. The van der Waals surface area contributed by atoms with Gasteiger partial charge in [-0.1, -0.05) is 48.5 Å². The molecule has 0 aromatic heterocycles. The van der Waals surface area contributed by atoms with E-state index in [1.165, 1.54) is 22.3 Å². The van der Waals surface area contributed by atoms with Crippen molar-refractivity contribution in [3.8, 4) is 0 Å². The fourth-order valence-electron chi connectivity index (χ4n) is 4.99. The van der Waals surface area contributed by atoms with E-state index in [0.29, 0.717) is 12.5 Å². The van der Waals surface area contributed by atoms with Crippen molar-refractivity contribution in [2.45, 2.75) is 33.4 Å². The highest BCUT2D eigenvalue weighted by molar-refractivity contribution is 5.30. The molecular formula is C24H32N2O.